The molecule has 0 N–H and O–H groups in total. The Labute approximate surface area is 136 Å². The SMILES string of the molecule is CC(=O)N1CCN(Cc2cc(C)cc(F)c2)[C@@H]2CS(=O)(=O)C[C@@H]21. The maximum Gasteiger partial charge on any atom is 0.219 e. The normalized spacial score (nSPS) is 27.0. The summed E-state index contributed by atoms with van der Waals surface area (Å²) >= 11 is 0. The molecule has 2 atom stereocenters. The smallest absolute Gasteiger partial charge is 0.219 e. The van der Waals surface area contributed by atoms with Gasteiger partial charge in [0.05, 0.1) is 17.5 Å². The second kappa shape index (κ2) is 5.87. The molecular weight excluding hydrogens is 319 g/mol. The molecule has 5 nitrogen and oxygen atoms in total. The molecule has 23 heavy (non-hydrogen) atoms. The van der Waals surface area contributed by atoms with E-state index >= 15 is 0 Å². The van der Waals surface area contributed by atoms with E-state index in [1.807, 2.05) is 13.0 Å². The molecule has 0 spiro atoms. The highest BCUT2D eigenvalue weighted by molar-refractivity contribution is 7.91. The van der Waals surface area contributed by atoms with Gasteiger partial charge in [0.1, 0.15) is 5.82 Å². The zero-order chi connectivity index (χ0) is 16.8. The number of hydrogen-bond acceptors (Lipinski definition) is 4. The largest absolute Gasteiger partial charge is 0.336 e. The molecule has 2 fully saturated rings. The Balaban J connectivity index is 1.85. The molecular formula is C16H21FN2O3S. The third-order valence-electron chi connectivity index (χ3n) is 4.68. The van der Waals surface area contributed by atoms with Crippen LogP contribution >= 0.6 is 0 Å². The monoisotopic (exact) mass is 340 g/mol. The molecule has 2 aliphatic rings. The predicted octanol–water partition coefficient (Wildman–Crippen LogP) is 0.964. The van der Waals surface area contributed by atoms with E-state index in [2.05, 4.69) is 4.90 Å². The van der Waals surface area contributed by atoms with Crippen molar-refractivity contribution in [3.8, 4) is 0 Å². The van der Waals surface area contributed by atoms with Gasteiger partial charge in [-0.2, -0.15) is 0 Å². The molecule has 1 amide bonds. The Bertz CT molecular complexity index is 715. The molecule has 0 bridgehead atoms. The standard InChI is InChI=1S/C16H21FN2O3S/c1-11-5-13(7-14(17)6-11)8-18-3-4-19(12(2)20)16-10-23(21,22)9-15(16)18/h5-7,15-16H,3-4,8-10H2,1-2H3/t15-,16+/m1/s1. The van der Waals surface area contributed by atoms with E-state index in [4.69, 9.17) is 0 Å². The van der Waals surface area contributed by atoms with Gasteiger partial charge >= 0.3 is 0 Å². The van der Waals surface area contributed by atoms with Crippen molar-refractivity contribution >= 4 is 15.7 Å². The van der Waals surface area contributed by atoms with Gasteiger partial charge in [-0.1, -0.05) is 6.07 Å². The number of carbonyl (C=O) groups is 1. The van der Waals surface area contributed by atoms with Crippen molar-refractivity contribution in [2.24, 2.45) is 0 Å². The number of piperazine rings is 1. The Morgan fingerprint density at radius 1 is 1.22 bits per heavy atom. The van der Waals surface area contributed by atoms with Crippen LogP contribution in [0.1, 0.15) is 18.1 Å². The van der Waals surface area contributed by atoms with Crippen molar-refractivity contribution in [1.29, 1.82) is 0 Å². The number of sulfone groups is 1. The summed E-state index contributed by atoms with van der Waals surface area (Å²) in [7, 11) is -3.15. The maximum absolute atomic E-state index is 13.6. The second-order valence-electron chi connectivity index (χ2n) is 6.53. The topological polar surface area (TPSA) is 57.7 Å². The van der Waals surface area contributed by atoms with Gasteiger partial charge in [0.25, 0.3) is 0 Å². The molecule has 0 saturated carbocycles. The van der Waals surface area contributed by atoms with E-state index in [-0.39, 0.29) is 35.3 Å². The van der Waals surface area contributed by atoms with Crippen LogP contribution in [0, 0.1) is 12.7 Å². The van der Waals surface area contributed by atoms with Crippen LogP contribution in [0.25, 0.3) is 0 Å². The van der Waals surface area contributed by atoms with Crippen LogP contribution in [0.5, 0.6) is 0 Å². The molecule has 0 radical (unpaired) electrons. The van der Waals surface area contributed by atoms with Gasteiger partial charge in [-0.05, 0) is 30.2 Å². The Kier molecular flexibility index (Phi) is 4.18. The fourth-order valence-corrected chi connectivity index (χ4v) is 5.76. The van der Waals surface area contributed by atoms with Gasteiger partial charge in [-0.3, -0.25) is 9.69 Å². The predicted molar refractivity (Wildman–Crippen MR) is 85.2 cm³/mol. The van der Waals surface area contributed by atoms with Crippen LogP contribution in [0.3, 0.4) is 0 Å². The average Bonchev–Trinajstić information content (AvgIpc) is 2.72. The minimum atomic E-state index is -3.15. The molecule has 126 valence electrons. The van der Waals surface area contributed by atoms with Crippen molar-refractivity contribution in [3.63, 3.8) is 0 Å². The Hall–Kier alpha value is -1.47. The van der Waals surface area contributed by atoms with E-state index in [1.165, 1.54) is 19.1 Å². The van der Waals surface area contributed by atoms with Gasteiger partial charge in [-0.15, -0.1) is 0 Å². The zero-order valence-electron chi connectivity index (χ0n) is 13.3. The lowest BCUT2D eigenvalue weighted by Gasteiger charge is -2.43. The number of aryl methyl sites for hydroxylation is 1. The Morgan fingerprint density at radius 2 is 1.91 bits per heavy atom. The summed E-state index contributed by atoms with van der Waals surface area (Å²) in [6.45, 7) is 4.93. The lowest BCUT2D eigenvalue weighted by molar-refractivity contribution is -0.134. The van der Waals surface area contributed by atoms with Crippen LogP contribution in [0.15, 0.2) is 18.2 Å². The van der Waals surface area contributed by atoms with Gasteiger partial charge < -0.3 is 4.90 Å². The third-order valence-corrected chi connectivity index (χ3v) is 6.38. The van der Waals surface area contributed by atoms with Crippen LogP contribution in [-0.4, -0.2) is 60.8 Å². The molecule has 1 aromatic rings. The summed E-state index contributed by atoms with van der Waals surface area (Å²) in [6, 6.07) is 4.38. The second-order valence-corrected chi connectivity index (χ2v) is 8.69. The summed E-state index contributed by atoms with van der Waals surface area (Å²) in [5.74, 6) is -0.276. The van der Waals surface area contributed by atoms with Gasteiger partial charge in [-0.25, -0.2) is 12.8 Å². The van der Waals surface area contributed by atoms with Gasteiger partial charge in [0, 0.05) is 32.6 Å². The van der Waals surface area contributed by atoms with E-state index in [0.717, 1.165) is 11.1 Å². The lowest BCUT2D eigenvalue weighted by atomic mass is 10.0. The highest BCUT2D eigenvalue weighted by Crippen LogP contribution is 2.28. The van der Waals surface area contributed by atoms with Gasteiger partial charge in [0.2, 0.25) is 5.91 Å². The first-order valence-electron chi connectivity index (χ1n) is 7.73. The minimum absolute atomic E-state index is 0.0237. The van der Waals surface area contributed by atoms with Crippen molar-refractivity contribution in [1.82, 2.24) is 9.80 Å². The highest BCUT2D eigenvalue weighted by Gasteiger charge is 2.47. The lowest BCUT2D eigenvalue weighted by Crippen LogP contribution is -2.59. The summed E-state index contributed by atoms with van der Waals surface area (Å²) < 4.78 is 37.7. The van der Waals surface area contributed by atoms with Crippen LogP contribution < -0.4 is 0 Å². The summed E-state index contributed by atoms with van der Waals surface area (Å²) in [5, 5.41) is 0. The first kappa shape index (κ1) is 16.4. The first-order chi connectivity index (χ1) is 10.7. The van der Waals surface area contributed by atoms with Crippen LogP contribution in [0.2, 0.25) is 0 Å². The van der Waals surface area contributed by atoms with E-state index in [0.29, 0.717) is 19.6 Å². The maximum atomic E-state index is 13.6. The highest BCUT2D eigenvalue weighted by atomic mass is 32.2. The molecule has 0 aromatic heterocycles. The number of amides is 1. The summed E-state index contributed by atoms with van der Waals surface area (Å²) in [4.78, 5) is 15.5. The van der Waals surface area contributed by atoms with Gasteiger partial charge in [0.15, 0.2) is 9.84 Å². The number of benzene rings is 1. The number of nitrogens with zero attached hydrogens (tertiary/aromatic N) is 2. The minimum Gasteiger partial charge on any atom is -0.336 e. The fraction of sp³-hybridized carbons (Fsp3) is 0.562. The molecule has 1 aromatic carbocycles. The number of hydrogen-bond donors (Lipinski definition) is 0. The number of rotatable bonds is 2. The zero-order valence-corrected chi connectivity index (χ0v) is 14.1. The van der Waals surface area contributed by atoms with Crippen molar-refractivity contribution < 1.29 is 17.6 Å². The van der Waals surface area contributed by atoms with Crippen LogP contribution in [-0.2, 0) is 21.2 Å². The fourth-order valence-electron chi connectivity index (χ4n) is 3.75. The molecule has 2 heterocycles. The van der Waals surface area contributed by atoms with Crippen molar-refractivity contribution in [2.45, 2.75) is 32.5 Å². The summed E-state index contributed by atoms with van der Waals surface area (Å²) in [5.41, 5.74) is 1.68. The summed E-state index contributed by atoms with van der Waals surface area (Å²) in [6.07, 6.45) is 0. The first-order valence-corrected chi connectivity index (χ1v) is 9.55. The number of fused-ring (bicyclic) bond motifs is 1. The van der Waals surface area contributed by atoms with Crippen molar-refractivity contribution in [3.05, 3.63) is 35.1 Å². The van der Waals surface area contributed by atoms with Crippen LogP contribution in [0.4, 0.5) is 4.39 Å². The third kappa shape index (κ3) is 3.40. The molecule has 0 unspecified atom stereocenters. The average molecular weight is 340 g/mol. The quantitative estimate of drug-likeness (QED) is 0.805. The number of carbonyl (C=O) groups excluding carboxylic acids is 1. The number of halogens is 1. The molecule has 3 rings (SSSR count). The van der Waals surface area contributed by atoms with E-state index in [1.54, 1.807) is 4.90 Å². The molecule has 7 heteroatoms. The van der Waals surface area contributed by atoms with E-state index < -0.39 is 9.84 Å². The van der Waals surface area contributed by atoms with E-state index in [9.17, 15) is 17.6 Å². The molecule has 0 aliphatic carbocycles. The molecule has 2 aliphatic heterocycles. The van der Waals surface area contributed by atoms with Crippen molar-refractivity contribution in [2.75, 3.05) is 24.6 Å². The molecule has 2 saturated heterocycles. The Morgan fingerprint density at radius 3 is 2.57 bits per heavy atom.